The summed E-state index contributed by atoms with van der Waals surface area (Å²) >= 11 is 0. The first-order valence-electron chi connectivity index (χ1n) is 5.76. The molecule has 1 aliphatic carbocycles. The van der Waals surface area contributed by atoms with Gasteiger partial charge in [-0.05, 0) is 26.9 Å². The molecule has 16 heavy (non-hydrogen) atoms. The molecule has 1 fully saturated rings. The number of imide groups is 1. The van der Waals surface area contributed by atoms with Crippen LogP contribution in [0.5, 0.6) is 0 Å². The zero-order chi connectivity index (χ0) is 11.8. The van der Waals surface area contributed by atoms with E-state index in [1.165, 1.54) is 29.9 Å². The minimum Gasteiger partial charge on any atom is -0.302 e. The topological polar surface area (TPSA) is 40.6 Å². The molecule has 1 heterocycles. The van der Waals surface area contributed by atoms with Crippen molar-refractivity contribution in [2.75, 3.05) is 20.6 Å². The Morgan fingerprint density at radius 3 is 2.12 bits per heavy atom. The van der Waals surface area contributed by atoms with E-state index in [-0.39, 0.29) is 17.4 Å². The molecule has 0 saturated heterocycles. The third kappa shape index (κ3) is 1.78. The fraction of sp³-hybridized carbons (Fsp3) is 0.667. The molecule has 2 rings (SSSR count). The van der Waals surface area contributed by atoms with E-state index in [0.717, 1.165) is 12.8 Å². The number of nitrogens with zero attached hydrogens (tertiary/aromatic N) is 2. The van der Waals surface area contributed by atoms with Crippen molar-refractivity contribution < 1.29 is 9.59 Å². The first-order chi connectivity index (χ1) is 7.55. The zero-order valence-corrected chi connectivity index (χ0v) is 9.90. The van der Waals surface area contributed by atoms with Crippen molar-refractivity contribution in [1.82, 2.24) is 9.80 Å². The van der Waals surface area contributed by atoms with Crippen LogP contribution in [0.15, 0.2) is 12.2 Å². The average Bonchev–Trinajstić information content (AvgIpc) is 2.81. The second kappa shape index (κ2) is 4.01. The standard InChI is InChI=1S/C12H18N2O2/c1-13(2)12(7-3-4-8-12)9-14-10(15)5-6-11(14)16/h5-6H,3-4,7-9H2,1-2H3. The molecule has 0 aromatic heterocycles. The minimum absolute atomic E-state index is 0.00264. The number of rotatable bonds is 3. The molecule has 2 amide bonds. The summed E-state index contributed by atoms with van der Waals surface area (Å²) in [6.07, 6.45) is 7.22. The third-order valence-electron chi connectivity index (χ3n) is 3.84. The van der Waals surface area contributed by atoms with Crippen molar-refractivity contribution in [3.05, 3.63) is 12.2 Å². The predicted octanol–water partition coefficient (Wildman–Crippen LogP) is 0.786. The monoisotopic (exact) mass is 222 g/mol. The van der Waals surface area contributed by atoms with Crippen molar-refractivity contribution >= 4 is 11.8 Å². The summed E-state index contributed by atoms with van der Waals surface area (Å²) in [5.41, 5.74) is -0.00264. The van der Waals surface area contributed by atoms with Crippen LogP contribution in [0.1, 0.15) is 25.7 Å². The molecule has 0 bridgehead atoms. The van der Waals surface area contributed by atoms with Crippen LogP contribution in [-0.4, -0.2) is 47.8 Å². The molecule has 0 aromatic rings. The Balaban J connectivity index is 2.12. The van der Waals surface area contributed by atoms with Gasteiger partial charge in [0.15, 0.2) is 0 Å². The SMILES string of the molecule is CN(C)C1(CN2C(=O)C=CC2=O)CCCC1. The second-order valence-electron chi connectivity index (χ2n) is 4.92. The van der Waals surface area contributed by atoms with Gasteiger partial charge in [-0.25, -0.2) is 0 Å². The van der Waals surface area contributed by atoms with Gasteiger partial charge in [-0.2, -0.15) is 0 Å². The number of hydrogen-bond donors (Lipinski definition) is 0. The van der Waals surface area contributed by atoms with Crippen LogP contribution in [0.3, 0.4) is 0 Å². The molecule has 0 N–H and O–H groups in total. The van der Waals surface area contributed by atoms with Gasteiger partial charge in [0, 0.05) is 24.2 Å². The van der Waals surface area contributed by atoms with Gasteiger partial charge in [-0.15, -0.1) is 0 Å². The Bertz CT molecular complexity index is 323. The smallest absolute Gasteiger partial charge is 0.253 e. The lowest BCUT2D eigenvalue weighted by atomic mass is 9.95. The molecule has 2 aliphatic rings. The first kappa shape index (κ1) is 11.3. The Kier molecular flexibility index (Phi) is 2.84. The highest BCUT2D eigenvalue weighted by Gasteiger charge is 2.40. The summed E-state index contributed by atoms with van der Waals surface area (Å²) in [5.74, 6) is -0.337. The van der Waals surface area contributed by atoms with Gasteiger partial charge in [0.05, 0.1) is 0 Å². The summed E-state index contributed by atoms with van der Waals surface area (Å²) in [6, 6.07) is 0. The highest BCUT2D eigenvalue weighted by Crippen LogP contribution is 2.35. The van der Waals surface area contributed by atoms with E-state index in [1.54, 1.807) is 0 Å². The van der Waals surface area contributed by atoms with Gasteiger partial charge in [-0.3, -0.25) is 14.5 Å². The normalized spacial score (nSPS) is 23.8. The molecule has 1 saturated carbocycles. The van der Waals surface area contributed by atoms with Crippen LogP contribution in [0.4, 0.5) is 0 Å². The highest BCUT2D eigenvalue weighted by atomic mass is 16.2. The van der Waals surface area contributed by atoms with Gasteiger partial charge < -0.3 is 4.90 Å². The zero-order valence-electron chi connectivity index (χ0n) is 9.90. The van der Waals surface area contributed by atoms with Crippen LogP contribution in [-0.2, 0) is 9.59 Å². The quantitative estimate of drug-likeness (QED) is 0.663. The molecule has 0 radical (unpaired) electrons. The summed E-state index contributed by atoms with van der Waals surface area (Å²) in [6.45, 7) is 0.532. The van der Waals surface area contributed by atoms with Crippen molar-refractivity contribution in [2.45, 2.75) is 31.2 Å². The molecule has 1 aliphatic heterocycles. The summed E-state index contributed by atoms with van der Waals surface area (Å²) in [5, 5.41) is 0. The maximum Gasteiger partial charge on any atom is 0.253 e. The average molecular weight is 222 g/mol. The van der Waals surface area contributed by atoms with Crippen LogP contribution in [0, 0.1) is 0 Å². The van der Waals surface area contributed by atoms with Crippen LogP contribution < -0.4 is 0 Å². The highest BCUT2D eigenvalue weighted by molar-refractivity contribution is 6.12. The van der Waals surface area contributed by atoms with Gasteiger partial charge in [0.25, 0.3) is 11.8 Å². The van der Waals surface area contributed by atoms with Crippen molar-refractivity contribution in [3.8, 4) is 0 Å². The fourth-order valence-corrected chi connectivity index (χ4v) is 2.66. The number of carbonyl (C=O) groups excluding carboxylic acids is 2. The van der Waals surface area contributed by atoms with Gasteiger partial charge in [0.2, 0.25) is 0 Å². The molecular formula is C12H18N2O2. The van der Waals surface area contributed by atoms with Gasteiger partial charge in [0.1, 0.15) is 0 Å². The number of likely N-dealkylation sites (N-methyl/N-ethyl adjacent to an activating group) is 1. The maximum atomic E-state index is 11.5. The molecule has 0 spiro atoms. The van der Waals surface area contributed by atoms with E-state index in [4.69, 9.17) is 0 Å². The van der Waals surface area contributed by atoms with Crippen molar-refractivity contribution in [1.29, 1.82) is 0 Å². The number of carbonyl (C=O) groups is 2. The van der Waals surface area contributed by atoms with E-state index in [1.807, 2.05) is 14.1 Å². The lowest BCUT2D eigenvalue weighted by Crippen LogP contribution is -2.52. The third-order valence-corrected chi connectivity index (χ3v) is 3.84. The molecule has 0 unspecified atom stereocenters. The van der Waals surface area contributed by atoms with Crippen LogP contribution >= 0.6 is 0 Å². The number of amides is 2. The maximum absolute atomic E-state index is 11.5. The summed E-state index contributed by atoms with van der Waals surface area (Å²) in [4.78, 5) is 26.6. The van der Waals surface area contributed by atoms with Crippen molar-refractivity contribution in [3.63, 3.8) is 0 Å². The second-order valence-corrected chi connectivity index (χ2v) is 4.92. The molecular weight excluding hydrogens is 204 g/mol. The Morgan fingerprint density at radius 1 is 1.19 bits per heavy atom. The van der Waals surface area contributed by atoms with E-state index in [9.17, 15) is 9.59 Å². The van der Waals surface area contributed by atoms with Gasteiger partial charge >= 0.3 is 0 Å². The number of hydrogen-bond acceptors (Lipinski definition) is 3. The van der Waals surface area contributed by atoms with E-state index in [2.05, 4.69) is 4.90 Å². The lowest BCUT2D eigenvalue weighted by Gasteiger charge is -2.38. The Labute approximate surface area is 95.9 Å². The Hall–Kier alpha value is -1.16. The molecule has 4 heteroatoms. The van der Waals surface area contributed by atoms with Gasteiger partial charge in [-0.1, -0.05) is 12.8 Å². The minimum atomic E-state index is -0.168. The fourth-order valence-electron chi connectivity index (χ4n) is 2.66. The molecule has 88 valence electrons. The largest absolute Gasteiger partial charge is 0.302 e. The summed E-state index contributed by atoms with van der Waals surface area (Å²) < 4.78 is 0. The predicted molar refractivity (Wildman–Crippen MR) is 60.7 cm³/mol. The molecule has 0 atom stereocenters. The van der Waals surface area contributed by atoms with E-state index >= 15 is 0 Å². The lowest BCUT2D eigenvalue weighted by molar-refractivity contribution is -0.138. The van der Waals surface area contributed by atoms with Crippen LogP contribution in [0.25, 0.3) is 0 Å². The molecule has 0 aromatic carbocycles. The first-order valence-corrected chi connectivity index (χ1v) is 5.76. The Morgan fingerprint density at radius 2 is 1.69 bits per heavy atom. The van der Waals surface area contributed by atoms with Crippen molar-refractivity contribution in [2.24, 2.45) is 0 Å². The van der Waals surface area contributed by atoms with E-state index in [0.29, 0.717) is 6.54 Å². The molecule has 4 nitrogen and oxygen atoms in total. The van der Waals surface area contributed by atoms with Crippen LogP contribution in [0.2, 0.25) is 0 Å². The summed E-state index contributed by atoms with van der Waals surface area (Å²) in [7, 11) is 4.06. The van der Waals surface area contributed by atoms with E-state index < -0.39 is 0 Å².